The van der Waals surface area contributed by atoms with Gasteiger partial charge in [-0.15, -0.1) is 5.43 Å². The number of fused-ring (bicyclic) bond motifs is 1. The van der Waals surface area contributed by atoms with Gasteiger partial charge in [0.1, 0.15) is 23.5 Å². The number of aromatic nitrogens is 1. The Morgan fingerprint density at radius 3 is 2.70 bits per heavy atom. The zero-order chi connectivity index (χ0) is 23.6. The van der Waals surface area contributed by atoms with E-state index in [4.69, 9.17) is 10.6 Å². The number of ether oxygens (including phenoxy) is 1. The molecule has 2 aromatic rings. The van der Waals surface area contributed by atoms with Crippen LogP contribution in [0.3, 0.4) is 0 Å². The van der Waals surface area contributed by atoms with Crippen molar-refractivity contribution in [2.24, 2.45) is 5.84 Å². The lowest BCUT2D eigenvalue weighted by molar-refractivity contribution is -0.538. The third-order valence-corrected chi connectivity index (χ3v) is 5.82. The van der Waals surface area contributed by atoms with Crippen LogP contribution in [-0.4, -0.2) is 40.3 Å². The Balaban J connectivity index is 1.75. The average molecular weight is 464 g/mol. The molecule has 2 heterocycles. The molecule has 2 unspecified atom stereocenters. The quantitative estimate of drug-likeness (QED) is 0.290. The van der Waals surface area contributed by atoms with Gasteiger partial charge in [0, 0.05) is 24.1 Å². The number of alkyl halides is 3. The summed E-state index contributed by atoms with van der Waals surface area (Å²) in [7, 11) is 0. The van der Waals surface area contributed by atoms with Gasteiger partial charge in [-0.3, -0.25) is 10.8 Å². The molecule has 8 nitrogen and oxygen atoms in total. The van der Waals surface area contributed by atoms with E-state index in [1.807, 2.05) is 12.2 Å². The Hall–Kier alpha value is -3.02. The zero-order valence-electron chi connectivity index (χ0n) is 17.7. The maximum atomic E-state index is 13.1. The molecule has 1 aliphatic carbocycles. The molecule has 1 aromatic heterocycles. The van der Waals surface area contributed by atoms with Crippen LogP contribution in [0.25, 0.3) is 12.2 Å². The lowest BCUT2D eigenvalue weighted by Crippen LogP contribution is -2.49. The van der Waals surface area contributed by atoms with Crippen LogP contribution in [-0.2, 0) is 17.3 Å². The molecule has 11 heteroatoms. The van der Waals surface area contributed by atoms with Crippen molar-refractivity contribution < 1.29 is 27.9 Å². The number of pyridine rings is 1. The first-order chi connectivity index (χ1) is 15.8. The third-order valence-electron chi connectivity index (χ3n) is 5.82. The Labute approximate surface area is 187 Å². The first-order valence-electron chi connectivity index (χ1n) is 10.6. The van der Waals surface area contributed by atoms with E-state index in [1.165, 1.54) is 6.07 Å². The van der Waals surface area contributed by atoms with E-state index in [2.05, 4.69) is 15.8 Å². The first kappa shape index (κ1) is 23.1. The lowest BCUT2D eigenvalue weighted by Gasteiger charge is -2.25. The molecule has 176 valence electrons. The fourth-order valence-electron chi connectivity index (χ4n) is 4.18. The van der Waals surface area contributed by atoms with Gasteiger partial charge in [-0.2, -0.15) is 13.2 Å². The predicted molar refractivity (Wildman–Crippen MR) is 115 cm³/mol. The van der Waals surface area contributed by atoms with E-state index in [1.54, 1.807) is 6.07 Å². The Kier molecular flexibility index (Phi) is 6.63. The standard InChI is InChI=1S/C22H25F3N5O3/c23-22(24,25)20-10-13(5-7-27-20)9-14-11-18(21(28-26)16-4-2-1-3-15(14)16)30(32)29-17-6-8-33-12-19(17)31/h3-5,7,10-11,17,19,28,31H,1-2,6,8-9,12,26H2,(H,29,32)/q+1. The van der Waals surface area contributed by atoms with E-state index in [9.17, 15) is 23.2 Å². The number of nitrogens with two attached hydrogens (primary N) is 1. The number of hydrogen-bond donors (Lipinski definition) is 4. The molecule has 0 amide bonds. The molecule has 4 rings (SSSR count). The molecule has 0 bridgehead atoms. The van der Waals surface area contributed by atoms with Gasteiger partial charge < -0.3 is 15.3 Å². The smallest absolute Gasteiger partial charge is 0.388 e. The van der Waals surface area contributed by atoms with Gasteiger partial charge in [-0.05, 0) is 54.2 Å². The summed E-state index contributed by atoms with van der Waals surface area (Å²) >= 11 is 0. The number of aliphatic hydroxyl groups is 1. The second-order valence-electron chi connectivity index (χ2n) is 8.07. The molecule has 5 N–H and O–H groups in total. The maximum absolute atomic E-state index is 13.1. The van der Waals surface area contributed by atoms with E-state index < -0.39 is 24.0 Å². The number of hydrogen-bond acceptors (Lipinski definition) is 6. The van der Waals surface area contributed by atoms with Crippen LogP contribution in [0.1, 0.15) is 36.1 Å². The van der Waals surface area contributed by atoms with Crippen molar-refractivity contribution in [3.63, 3.8) is 0 Å². The summed E-state index contributed by atoms with van der Waals surface area (Å²) in [5.41, 5.74) is 6.07. The van der Waals surface area contributed by atoms with Crippen LogP contribution in [0, 0.1) is 4.91 Å². The van der Waals surface area contributed by atoms with Gasteiger partial charge in [0.2, 0.25) is 0 Å². The summed E-state index contributed by atoms with van der Waals surface area (Å²) in [6.07, 6.45) is 1.79. The highest BCUT2D eigenvalue weighted by Crippen LogP contribution is 2.28. The van der Waals surface area contributed by atoms with Crippen LogP contribution in [0.2, 0.25) is 0 Å². The number of nitrogens with zero attached hydrogens (tertiary/aromatic N) is 2. The summed E-state index contributed by atoms with van der Waals surface area (Å²) in [5.74, 6) is 5.76. The zero-order valence-corrected chi connectivity index (χ0v) is 17.7. The molecular weight excluding hydrogens is 439 g/mol. The van der Waals surface area contributed by atoms with Gasteiger partial charge in [0.05, 0.1) is 11.5 Å². The summed E-state index contributed by atoms with van der Waals surface area (Å²) in [6, 6.07) is 3.64. The Bertz CT molecular complexity index is 1170. The minimum absolute atomic E-state index is 0.120. The molecule has 1 saturated heterocycles. The fourth-order valence-corrected chi connectivity index (χ4v) is 4.18. The van der Waals surface area contributed by atoms with E-state index in [-0.39, 0.29) is 18.7 Å². The highest BCUT2D eigenvalue weighted by atomic mass is 19.4. The van der Waals surface area contributed by atoms with Gasteiger partial charge in [-0.25, -0.2) is 0 Å². The van der Waals surface area contributed by atoms with E-state index in [0.717, 1.165) is 35.5 Å². The molecule has 0 radical (unpaired) electrons. The topological polar surface area (TPSA) is 113 Å². The van der Waals surface area contributed by atoms with Gasteiger partial charge in [-0.1, -0.05) is 12.2 Å². The van der Waals surface area contributed by atoms with Crippen molar-refractivity contribution in [3.05, 3.63) is 56.6 Å². The molecule has 1 aliphatic heterocycles. The Morgan fingerprint density at radius 1 is 1.24 bits per heavy atom. The summed E-state index contributed by atoms with van der Waals surface area (Å²) in [6.45, 7) is 0.529. The van der Waals surface area contributed by atoms with Gasteiger partial charge in [0.25, 0.3) is 0 Å². The molecule has 0 saturated carbocycles. The predicted octanol–water partition coefficient (Wildman–Crippen LogP) is 1.40. The van der Waals surface area contributed by atoms with Gasteiger partial charge >= 0.3 is 11.9 Å². The SMILES string of the molecule is NNc1c([N+](=O)NC2CCOCC2O)cc(Cc2ccnc(C(F)(F)F)c2)c2c1=CCCC=2. The monoisotopic (exact) mass is 464 g/mol. The number of nitrogen functional groups attached to an aromatic ring is 1. The fraction of sp³-hybridized carbons (Fsp3) is 0.409. The van der Waals surface area contributed by atoms with E-state index in [0.29, 0.717) is 34.7 Å². The van der Waals surface area contributed by atoms with Gasteiger partial charge in [0.15, 0.2) is 4.87 Å². The lowest BCUT2D eigenvalue weighted by atomic mass is 9.96. The summed E-state index contributed by atoms with van der Waals surface area (Å²) in [5, 5.41) is 11.7. The third kappa shape index (κ3) is 5.00. The molecule has 33 heavy (non-hydrogen) atoms. The molecule has 1 fully saturated rings. The molecule has 2 atom stereocenters. The highest BCUT2D eigenvalue weighted by molar-refractivity contribution is 5.67. The molecule has 1 aromatic carbocycles. The average Bonchev–Trinajstić information content (AvgIpc) is 2.80. The highest BCUT2D eigenvalue weighted by Gasteiger charge is 2.33. The number of nitroso groups, excluding NO2 is 1. The van der Waals surface area contributed by atoms with Crippen molar-refractivity contribution >= 4 is 23.5 Å². The maximum Gasteiger partial charge on any atom is 0.433 e. The minimum Gasteiger partial charge on any atom is -0.388 e. The molecular formula is C22H25F3N5O3+. The normalized spacial score (nSPS) is 20.3. The van der Waals surface area contributed by atoms with E-state index >= 15 is 0 Å². The molecule has 2 aliphatic rings. The van der Waals surface area contributed by atoms with Crippen LogP contribution < -0.4 is 27.1 Å². The number of halogens is 3. The van der Waals surface area contributed by atoms with Crippen LogP contribution in [0.5, 0.6) is 0 Å². The minimum atomic E-state index is -4.55. The Morgan fingerprint density at radius 2 is 2.00 bits per heavy atom. The largest absolute Gasteiger partial charge is 0.433 e. The van der Waals surface area contributed by atoms with Crippen LogP contribution >= 0.6 is 0 Å². The number of rotatable bonds is 6. The number of aliphatic hydroxyl groups excluding tert-OH is 1. The summed E-state index contributed by atoms with van der Waals surface area (Å²) in [4.78, 5) is 17.1. The van der Waals surface area contributed by atoms with Crippen LogP contribution in [0.15, 0.2) is 24.4 Å². The summed E-state index contributed by atoms with van der Waals surface area (Å²) < 4.78 is 44.6. The van der Waals surface area contributed by atoms with Crippen molar-refractivity contribution in [1.82, 2.24) is 10.4 Å². The number of anilines is 1. The van der Waals surface area contributed by atoms with Crippen molar-refractivity contribution in [2.75, 3.05) is 18.6 Å². The number of nitrogens with one attached hydrogen (secondary N) is 2. The number of hydrazine groups is 2. The van der Waals surface area contributed by atoms with Crippen molar-refractivity contribution in [2.45, 2.75) is 44.0 Å². The number of benzene rings is 1. The van der Waals surface area contributed by atoms with Crippen molar-refractivity contribution in [3.8, 4) is 0 Å². The second kappa shape index (κ2) is 9.46. The van der Waals surface area contributed by atoms with Crippen molar-refractivity contribution in [1.29, 1.82) is 0 Å². The molecule has 0 spiro atoms. The second-order valence-corrected chi connectivity index (χ2v) is 8.07. The van der Waals surface area contributed by atoms with Crippen LogP contribution in [0.4, 0.5) is 24.5 Å². The first-order valence-corrected chi connectivity index (χ1v) is 10.6.